The number of hydrogen-bond acceptors (Lipinski definition) is 2. The molecule has 1 unspecified atom stereocenters. The van der Waals surface area contributed by atoms with Gasteiger partial charge in [0.2, 0.25) is 0 Å². The lowest BCUT2D eigenvalue weighted by Crippen LogP contribution is -2.38. The van der Waals surface area contributed by atoms with Crippen molar-refractivity contribution in [1.82, 2.24) is 9.55 Å². The molecule has 0 radical (unpaired) electrons. The van der Waals surface area contributed by atoms with Gasteiger partial charge in [0, 0.05) is 18.8 Å². The SMILES string of the molecule is CCc1nccn1C(C)(CC)C(=O)O. The minimum absolute atomic E-state index is 0.547. The molecule has 0 fully saturated rings. The quantitative estimate of drug-likeness (QED) is 0.796. The topological polar surface area (TPSA) is 55.1 Å². The molecular formula is C10H16N2O2. The first-order chi connectivity index (χ1) is 6.56. The van der Waals surface area contributed by atoms with Crippen LogP contribution in [0.15, 0.2) is 12.4 Å². The van der Waals surface area contributed by atoms with E-state index < -0.39 is 11.5 Å². The summed E-state index contributed by atoms with van der Waals surface area (Å²) in [6.07, 6.45) is 4.67. The van der Waals surface area contributed by atoms with Gasteiger partial charge < -0.3 is 9.67 Å². The van der Waals surface area contributed by atoms with E-state index >= 15 is 0 Å². The molecule has 1 rings (SSSR count). The highest BCUT2D eigenvalue weighted by Gasteiger charge is 2.34. The number of imidazole rings is 1. The largest absolute Gasteiger partial charge is 0.479 e. The molecular weight excluding hydrogens is 180 g/mol. The first-order valence-corrected chi connectivity index (χ1v) is 4.82. The van der Waals surface area contributed by atoms with E-state index in [4.69, 9.17) is 0 Å². The van der Waals surface area contributed by atoms with Gasteiger partial charge in [-0.3, -0.25) is 0 Å². The highest BCUT2D eigenvalue weighted by molar-refractivity contribution is 5.76. The molecule has 0 saturated heterocycles. The molecule has 1 aromatic rings. The predicted octanol–water partition coefficient (Wildman–Crippen LogP) is 1.66. The van der Waals surface area contributed by atoms with Crippen LogP contribution in [0.1, 0.15) is 33.0 Å². The van der Waals surface area contributed by atoms with Crippen molar-refractivity contribution in [3.8, 4) is 0 Å². The molecule has 1 N–H and O–H groups in total. The molecule has 0 aliphatic rings. The number of rotatable bonds is 4. The molecule has 0 aliphatic carbocycles. The monoisotopic (exact) mass is 196 g/mol. The van der Waals surface area contributed by atoms with Crippen LogP contribution < -0.4 is 0 Å². The zero-order valence-electron chi connectivity index (χ0n) is 8.82. The van der Waals surface area contributed by atoms with Crippen molar-refractivity contribution < 1.29 is 9.90 Å². The Morgan fingerprint density at radius 3 is 2.71 bits per heavy atom. The Balaban J connectivity index is 3.18. The number of carboxylic acids is 1. The molecule has 1 atom stereocenters. The van der Waals surface area contributed by atoms with E-state index in [9.17, 15) is 9.90 Å². The lowest BCUT2D eigenvalue weighted by Gasteiger charge is -2.26. The van der Waals surface area contributed by atoms with Gasteiger partial charge in [-0.15, -0.1) is 0 Å². The summed E-state index contributed by atoms with van der Waals surface area (Å²) >= 11 is 0. The highest BCUT2D eigenvalue weighted by Crippen LogP contribution is 2.22. The fourth-order valence-electron chi connectivity index (χ4n) is 1.47. The summed E-state index contributed by atoms with van der Waals surface area (Å²) in [7, 11) is 0. The summed E-state index contributed by atoms with van der Waals surface area (Å²) in [5.41, 5.74) is -0.873. The molecule has 0 saturated carbocycles. The maximum absolute atomic E-state index is 11.2. The van der Waals surface area contributed by atoms with Gasteiger partial charge in [0.25, 0.3) is 0 Å². The second-order valence-electron chi connectivity index (χ2n) is 3.50. The molecule has 0 bridgehead atoms. The van der Waals surface area contributed by atoms with Crippen LogP contribution in [0, 0.1) is 0 Å². The van der Waals surface area contributed by atoms with Gasteiger partial charge in [-0.05, 0) is 13.3 Å². The highest BCUT2D eigenvalue weighted by atomic mass is 16.4. The van der Waals surface area contributed by atoms with E-state index in [1.54, 1.807) is 23.9 Å². The van der Waals surface area contributed by atoms with Crippen molar-refractivity contribution >= 4 is 5.97 Å². The van der Waals surface area contributed by atoms with Gasteiger partial charge in [0.05, 0.1) is 0 Å². The molecule has 4 nitrogen and oxygen atoms in total. The van der Waals surface area contributed by atoms with Crippen LogP contribution in [-0.2, 0) is 16.8 Å². The average Bonchev–Trinajstić information content (AvgIpc) is 2.64. The Bertz CT molecular complexity index is 333. The minimum atomic E-state index is -0.873. The van der Waals surface area contributed by atoms with Gasteiger partial charge in [0.1, 0.15) is 11.4 Å². The fraction of sp³-hybridized carbons (Fsp3) is 0.600. The van der Waals surface area contributed by atoms with Gasteiger partial charge in [-0.1, -0.05) is 13.8 Å². The first kappa shape index (κ1) is 10.8. The maximum atomic E-state index is 11.2. The van der Waals surface area contributed by atoms with Crippen LogP contribution in [0.2, 0.25) is 0 Å². The summed E-state index contributed by atoms with van der Waals surface area (Å²) in [5, 5.41) is 9.18. The maximum Gasteiger partial charge on any atom is 0.329 e. The predicted molar refractivity (Wildman–Crippen MR) is 53.2 cm³/mol. The molecule has 14 heavy (non-hydrogen) atoms. The lowest BCUT2D eigenvalue weighted by atomic mass is 9.98. The van der Waals surface area contributed by atoms with E-state index in [1.165, 1.54) is 0 Å². The van der Waals surface area contributed by atoms with Crippen LogP contribution in [-0.4, -0.2) is 20.6 Å². The summed E-state index contributed by atoms with van der Waals surface area (Å²) in [6, 6.07) is 0. The third kappa shape index (κ3) is 1.52. The Hall–Kier alpha value is -1.32. The van der Waals surface area contributed by atoms with Crippen LogP contribution in [0.3, 0.4) is 0 Å². The van der Waals surface area contributed by atoms with Crippen molar-refractivity contribution in [2.24, 2.45) is 0 Å². The van der Waals surface area contributed by atoms with E-state index in [1.807, 2.05) is 13.8 Å². The first-order valence-electron chi connectivity index (χ1n) is 4.82. The number of nitrogens with zero attached hydrogens (tertiary/aromatic N) is 2. The Kier molecular flexibility index (Phi) is 2.93. The normalized spacial score (nSPS) is 15.1. The van der Waals surface area contributed by atoms with Crippen molar-refractivity contribution in [1.29, 1.82) is 0 Å². The van der Waals surface area contributed by atoms with E-state index in [0.29, 0.717) is 6.42 Å². The second-order valence-corrected chi connectivity index (χ2v) is 3.50. The van der Waals surface area contributed by atoms with Gasteiger partial charge in [0.15, 0.2) is 0 Å². The zero-order chi connectivity index (χ0) is 10.8. The van der Waals surface area contributed by atoms with Gasteiger partial charge in [-0.25, -0.2) is 9.78 Å². The number of aromatic nitrogens is 2. The Labute approximate surface area is 83.6 Å². The molecule has 0 amide bonds. The van der Waals surface area contributed by atoms with Crippen LogP contribution in [0.25, 0.3) is 0 Å². The van der Waals surface area contributed by atoms with Gasteiger partial charge >= 0.3 is 5.97 Å². The van der Waals surface area contributed by atoms with Crippen LogP contribution >= 0.6 is 0 Å². The van der Waals surface area contributed by atoms with Gasteiger partial charge in [-0.2, -0.15) is 0 Å². The molecule has 0 aromatic carbocycles. The Morgan fingerprint density at radius 2 is 2.29 bits per heavy atom. The molecule has 1 heterocycles. The molecule has 0 spiro atoms. The van der Waals surface area contributed by atoms with E-state index in [-0.39, 0.29) is 0 Å². The van der Waals surface area contributed by atoms with E-state index in [2.05, 4.69) is 4.98 Å². The number of hydrogen-bond donors (Lipinski definition) is 1. The molecule has 78 valence electrons. The average molecular weight is 196 g/mol. The molecule has 0 aliphatic heterocycles. The summed E-state index contributed by atoms with van der Waals surface area (Å²) < 4.78 is 1.75. The number of carboxylic acid groups (broad SMARTS) is 1. The second kappa shape index (κ2) is 3.82. The summed E-state index contributed by atoms with van der Waals surface area (Å²) in [4.78, 5) is 15.3. The third-order valence-electron chi connectivity index (χ3n) is 2.71. The minimum Gasteiger partial charge on any atom is -0.479 e. The standard InChI is InChI=1S/C10H16N2O2/c1-4-8-11-6-7-12(8)10(3,5-2)9(13)14/h6-7H,4-5H2,1-3H3,(H,13,14). The summed E-state index contributed by atoms with van der Waals surface area (Å²) in [6.45, 7) is 5.56. The summed E-state index contributed by atoms with van der Waals surface area (Å²) in [5.74, 6) is 0.00412. The molecule has 4 heteroatoms. The number of aliphatic carboxylic acids is 1. The van der Waals surface area contributed by atoms with Crippen LogP contribution in [0.5, 0.6) is 0 Å². The third-order valence-corrected chi connectivity index (χ3v) is 2.71. The fourth-order valence-corrected chi connectivity index (χ4v) is 1.47. The van der Waals surface area contributed by atoms with Crippen molar-refractivity contribution in [3.05, 3.63) is 18.2 Å². The lowest BCUT2D eigenvalue weighted by molar-refractivity contribution is -0.146. The van der Waals surface area contributed by atoms with Crippen molar-refractivity contribution in [2.75, 3.05) is 0 Å². The van der Waals surface area contributed by atoms with Crippen molar-refractivity contribution in [3.63, 3.8) is 0 Å². The van der Waals surface area contributed by atoms with E-state index in [0.717, 1.165) is 12.2 Å². The smallest absolute Gasteiger partial charge is 0.329 e. The van der Waals surface area contributed by atoms with Crippen LogP contribution in [0.4, 0.5) is 0 Å². The van der Waals surface area contributed by atoms with Crippen molar-refractivity contribution in [2.45, 2.75) is 39.2 Å². The Morgan fingerprint density at radius 1 is 1.64 bits per heavy atom. The number of carbonyl (C=O) groups is 1. The number of aryl methyl sites for hydroxylation is 1. The zero-order valence-corrected chi connectivity index (χ0v) is 8.82. The molecule has 1 aromatic heterocycles.